The summed E-state index contributed by atoms with van der Waals surface area (Å²) in [5.41, 5.74) is -0.287. The van der Waals surface area contributed by atoms with Gasteiger partial charge in [0, 0.05) is 11.8 Å². The molecule has 4 aromatic rings. The number of halogens is 6. The molecule has 0 amide bonds. The molecule has 0 saturated heterocycles. The van der Waals surface area contributed by atoms with Crippen LogP contribution in [0, 0.1) is 19.7 Å². The van der Waals surface area contributed by atoms with Gasteiger partial charge in [-0.05, 0) is 86.8 Å². The van der Waals surface area contributed by atoms with Gasteiger partial charge < -0.3 is 0 Å². The highest BCUT2D eigenvalue weighted by molar-refractivity contribution is 5.57. The molecule has 7 nitrogen and oxygen atoms in total. The van der Waals surface area contributed by atoms with Crippen molar-refractivity contribution in [2.75, 3.05) is 0 Å². The summed E-state index contributed by atoms with van der Waals surface area (Å²) in [6.07, 6.45) is -1.34. The molecule has 1 saturated carbocycles. The number of aromatic nitrogens is 6. The van der Waals surface area contributed by atoms with Crippen molar-refractivity contribution in [3.63, 3.8) is 0 Å². The summed E-state index contributed by atoms with van der Waals surface area (Å²) < 4.78 is 83.7. The Bertz CT molecular complexity index is 1600. The van der Waals surface area contributed by atoms with Gasteiger partial charge in [0.25, 0.3) is 5.56 Å². The lowest BCUT2D eigenvalue weighted by atomic mass is 9.75. The quantitative estimate of drug-likeness (QED) is 0.243. The van der Waals surface area contributed by atoms with Crippen LogP contribution in [0.4, 0.5) is 26.3 Å². The number of benzene rings is 1. The van der Waals surface area contributed by atoms with Crippen LogP contribution < -0.4 is 5.56 Å². The van der Waals surface area contributed by atoms with Gasteiger partial charge in [0.15, 0.2) is 0 Å². The standard InChI is InChI=1S/C28H26F6N6O/c1-15-5-3-7-21(29)24(15)18-10-8-17(9-11-18)19-13-22(25-16(2)40(27(30)31)38-36-25)37-39(26(19)41)14-23-20(28(32,33)34)6-4-12-35-23/h3-7,12-13,17-18,27H,8-11,14H2,1-2H3. The maximum atomic E-state index is 14.6. The van der Waals surface area contributed by atoms with Gasteiger partial charge >= 0.3 is 12.7 Å². The van der Waals surface area contributed by atoms with E-state index in [2.05, 4.69) is 20.4 Å². The Morgan fingerprint density at radius 3 is 2.37 bits per heavy atom. The van der Waals surface area contributed by atoms with Gasteiger partial charge in [-0.15, -0.1) is 5.10 Å². The second-order valence-corrected chi connectivity index (χ2v) is 10.2. The number of hydrogen-bond donors (Lipinski definition) is 0. The Kier molecular flexibility index (Phi) is 7.71. The molecule has 13 heteroatoms. The highest BCUT2D eigenvalue weighted by atomic mass is 19.4. The first-order chi connectivity index (χ1) is 19.5. The van der Waals surface area contributed by atoms with Gasteiger partial charge in [0.1, 0.15) is 17.2 Å². The fourth-order valence-corrected chi connectivity index (χ4v) is 5.66. The Hall–Kier alpha value is -4.03. The van der Waals surface area contributed by atoms with E-state index in [1.165, 1.54) is 25.3 Å². The molecule has 0 bridgehead atoms. The van der Waals surface area contributed by atoms with Gasteiger partial charge in [0.05, 0.1) is 23.5 Å². The maximum absolute atomic E-state index is 14.6. The zero-order valence-electron chi connectivity index (χ0n) is 22.2. The minimum Gasteiger partial charge on any atom is -0.267 e. The van der Waals surface area contributed by atoms with Crippen molar-refractivity contribution in [2.45, 2.75) is 70.6 Å². The molecule has 0 radical (unpaired) electrons. The van der Waals surface area contributed by atoms with Gasteiger partial charge in [-0.25, -0.2) is 9.07 Å². The van der Waals surface area contributed by atoms with Crippen molar-refractivity contribution in [2.24, 2.45) is 0 Å². The average molecular weight is 577 g/mol. The first kappa shape index (κ1) is 28.5. The summed E-state index contributed by atoms with van der Waals surface area (Å²) in [4.78, 5) is 17.5. The largest absolute Gasteiger partial charge is 0.418 e. The van der Waals surface area contributed by atoms with E-state index in [0.717, 1.165) is 22.4 Å². The van der Waals surface area contributed by atoms with Crippen LogP contribution >= 0.6 is 0 Å². The zero-order valence-corrected chi connectivity index (χ0v) is 22.2. The minimum absolute atomic E-state index is 0.0174. The third kappa shape index (κ3) is 5.62. The topological polar surface area (TPSA) is 78.5 Å². The fourth-order valence-electron chi connectivity index (χ4n) is 5.66. The van der Waals surface area contributed by atoms with Gasteiger partial charge in [-0.2, -0.15) is 31.7 Å². The lowest BCUT2D eigenvalue weighted by Crippen LogP contribution is -2.31. The summed E-state index contributed by atoms with van der Waals surface area (Å²) in [6.45, 7) is -0.358. The van der Waals surface area contributed by atoms with Crippen molar-refractivity contribution in [1.82, 2.24) is 29.8 Å². The first-order valence-corrected chi connectivity index (χ1v) is 13.0. The molecule has 216 valence electrons. The zero-order chi connectivity index (χ0) is 29.5. The van der Waals surface area contributed by atoms with E-state index >= 15 is 0 Å². The predicted octanol–water partition coefficient (Wildman–Crippen LogP) is 6.56. The average Bonchev–Trinajstić information content (AvgIpc) is 3.31. The molecule has 0 unspecified atom stereocenters. The van der Waals surface area contributed by atoms with Crippen LogP contribution in [0.25, 0.3) is 11.4 Å². The number of pyridine rings is 1. The van der Waals surface area contributed by atoms with Crippen molar-refractivity contribution in [3.05, 3.63) is 92.4 Å². The van der Waals surface area contributed by atoms with Gasteiger partial charge in [-0.3, -0.25) is 9.78 Å². The minimum atomic E-state index is -4.71. The smallest absolute Gasteiger partial charge is 0.267 e. The van der Waals surface area contributed by atoms with E-state index in [1.807, 2.05) is 13.0 Å². The van der Waals surface area contributed by atoms with Crippen molar-refractivity contribution < 1.29 is 26.3 Å². The van der Waals surface area contributed by atoms with Gasteiger partial charge in [-0.1, -0.05) is 17.3 Å². The highest BCUT2D eigenvalue weighted by Crippen LogP contribution is 2.42. The maximum Gasteiger partial charge on any atom is 0.418 e. The molecule has 0 atom stereocenters. The summed E-state index contributed by atoms with van der Waals surface area (Å²) in [5, 5.41) is 11.5. The SMILES string of the molecule is Cc1cccc(F)c1C1CCC(c2cc(-c3nnn(C(F)F)c3C)nn(Cc3ncccc3C(F)(F)F)c2=O)CC1. The molecule has 1 aliphatic rings. The predicted molar refractivity (Wildman–Crippen MR) is 137 cm³/mol. The molecule has 5 rings (SSSR count). The van der Waals surface area contributed by atoms with Crippen LogP contribution in [0.5, 0.6) is 0 Å². The summed E-state index contributed by atoms with van der Waals surface area (Å²) in [5.74, 6) is -0.641. The summed E-state index contributed by atoms with van der Waals surface area (Å²) >= 11 is 0. The molecule has 0 spiro atoms. The van der Waals surface area contributed by atoms with E-state index in [1.54, 1.807) is 6.07 Å². The first-order valence-electron chi connectivity index (χ1n) is 13.0. The van der Waals surface area contributed by atoms with Crippen molar-refractivity contribution in [3.8, 4) is 11.4 Å². The third-order valence-corrected chi connectivity index (χ3v) is 7.70. The van der Waals surface area contributed by atoms with E-state index in [-0.39, 0.29) is 40.3 Å². The number of nitrogens with zero attached hydrogens (tertiary/aromatic N) is 6. The fraction of sp³-hybridized carbons (Fsp3) is 0.393. The summed E-state index contributed by atoms with van der Waals surface area (Å²) in [7, 11) is 0. The Morgan fingerprint density at radius 2 is 1.73 bits per heavy atom. The number of hydrogen-bond acceptors (Lipinski definition) is 5. The lowest BCUT2D eigenvalue weighted by Gasteiger charge is -2.30. The van der Waals surface area contributed by atoms with Crippen LogP contribution in [0.2, 0.25) is 0 Å². The molecular weight excluding hydrogens is 550 g/mol. The monoisotopic (exact) mass is 576 g/mol. The highest BCUT2D eigenvalue weighted by Gasteiger charge is 2.35. The van der Waals surface area contributed by atoms with E-state index < -0.39 is 36.1 Å². The molecule has 1 aromatic carbocycles. The van der Waals surface area contributed by atoms with Crippen LogP contribution in [-0.2, 0) is 12.7 Å². The number of alkyl halides is 5. The molecule has 1 fully saturated rings. The molecule has 3 aromatic heterocycles. The Morgan fingerprint density at radius 1 is 1.02 bits per heavy atom. The van der Waals surface area contributed by atoms with Crippen molar-refractivity contribution in [1.29, 1.82) is 0 Å². The normalized spacial score (nSPS) is 17.8. The third-order valence-electron chi connectivity index (χ3n) is 7.70. The second kappa shape index (κ2) is 11.1. The molecule has 41 heavy (non-hydrogen) atoms. The van der Waals surface area contributed by atoms with E-state index in [0.29, 0.717) is 35.9 Å². The van der Waals surface area contributed by atoms with Crippen LogP contribution in [0.3, 0.4) is 0 Å². The van der Waals surface area contributed by atoms with E-state index in [4.69, 9.17) is 0 Å². The molecule has 1 aliphatic carbocycles. The number of aryl methyl sites for hydroxylation is 1. The van der Waals surface area contributed by atoms with Crippen LogP contribution in [0.15, 0.2) is 47.4 Å². The van der Waals surface area contributed by atoms with Crippen molar-refractivity contribution >= 4 is 0 Å². The van der Waals surface area contributed by atoms with Crippen LogP contribution in [0.1, 0.15) is 77.7 Å². The van der Waals surface area contributed by atoms with E-state index in [9.17, 15) is 31.1 Å². The number of rotatable bonds is 6. The Labute approximate surface area is 230 Å². The van der Waals surface area contributed by atoms with Crippen LogP contribution in [-0.4, -0.2) is 29.8 Å². The molecule has 0 N–H and O–H groups in total. The molecular formula is C28H26F6N6O. The second-order valence-electron chi connectivity index (χ2n) is 10.2. The Balaban J connectivity index is 1.55. The van der Waals surface area contributed by atoms with Gasteiger partial charge in [0.2, 0.25) is 0 Å². The summed E-state index contributed by atoms with van der Waals surface area (Å²) in [6, 6.07) is 8.38. The molecule has 0 aliphatic heterocycles. The molecule has 3 heterocycles. The lowest BCUT2D eigenvalue weighted by molar-refractivity contribution is -0.138.